The monoisotopic (exact) mass is 295 g/mol. The number of sulfone groups is 1. The summed E-state index contributed by atoms with van der Waals surface area (Å²) in [7, 11) is -3.14. The summed E-state index contributed by atoms with van der Waals surface area (Å²) in [6.45, 7) is 3.35. The van der Waals surface area contributed by atoms with Gasteiger partial charge in [-0.25, -0.2) is 8.42 Å². The van der Waals surface area contributed by atoms with E-state index in [9.17, 15) is 21.6 Å². The van der Waals surface area contributed by atoms with Crippen LogP contribution in [-0.4, -0.2) is 26.0 Å². The molecule has 0 atom stereocenters. The van der Waals surface area contributed by atoms with E-state index < -0.39 is 26.8 Å². The van der Waals surface area contributed by atoms with Crippen molar-refractivity contribution in [3.05, 3.63) is 29.8 Å². The molecule has 3 nitrogen and oxygen atoms in total. The van der Waals surface area contributed by atoms with Crippen molar-refractivity contribution >= 4 is 15.5 Å². The smallest absolute Gasteiger partial charge is 0.384 e. The van der Waals surface area contributed by atoms with Crippen molar-refractivity contribution in [2.45, 2.75) is 25.3 Å². The highest BCUT2D eigenvalue weighted by molar-refractivity contribution is 7.92. The highest BCUT2D eigenvalue weighted by Gasteiger charge is 2.29. The molecule has 0 radical (unpaired) electrons. The van der Waals surface area contributed by atoms with E-state index in [4.69, 9.17) is 0 Å². The first-order valence-corrected chi connectivity index (χ1v) is 7.47. The minimum absolute atomic E-state index is 0.0499. The molecule has 1 N–H and O–H groups in total. The summed E-state index contributed by atoms with van der Waals surface area (Å²) in [5, 5.41) is 2.33. The Morgan fingerprint density at radius 3 is 2.11 bits per heavy atom. The molecular weight excluding hydrogens is 279 g/mol. The molecule has 0 aromatic heterocycles. The summed E-state index contributed by atoms with van der Waals surface area (Å²) in [5.41, 5.74) is -0.264. The quantitative estimate of drug-likeness (QED) is 0.908. The number of nitrogens with one attached hydrogen (secondary N) is 1. The van der Waals surface area contributed by atoms with E-state index in [1.54, 1.807) is 13.8 Å². The maximum absolute atomic E-state index is 12.3. The molecule has 1 rings (SSSR count). The number of rotatable bonds is 5. The van der Waals surface area contributed by atoms with E-state index in [0.717, 1.165) is 12.1 Å². The van der Waals surface area contributed by atoms with Crippen molar-refractivity contribution in [2.24, 2.45) is 0 Å². The molecule has 108 valence electrons. The van der Waals surface area contributed by atoms with E-state index in [2.05, 4.69) is 5.32 Å². The van der Waals surface area contributed by atoms with Crippen molar-refractivity contribution in [3.63, 3.8) is 0 Å². The van der Waals surface area contributed by atoms with E-state index in [1.807, 2.05) is 0 Å². The molecular formula is C12H16F3NO2S. The summed E-state index contributed by atoms with van der Waals surface area (Å²) < 4.78 is 60.0. The summed E-state index contributed by atoms with van der Waals surface area (Å²) in [6, 6.07) is 4.48. The van der Waals surface area contributed by atoms with Gasteiger partial charge in [-0.05, 0) is 38.1 Å². The number of halogens is 3. The first-order valence-electron chi connectivity index (χ1n) is 5.75. The zero-order valence-corrected chi connectivity index (χ0v) is 11.5. The minimum Gasteiger partial charge on any atom is -0.384 e. The minimum atomic E-state index is -4.36. The zero-order valence-electron chi connectivity index (χ0n) is 10.7. The Morgan fingerprint density at radius 2 is 1.68 bits per heavy atom. The van der Waals surface area contributed by atoms with Gasteiger partial charge in [-0.15, -0.1) is 0 Å². The van der Waals surface area contributed by atoms with E-state index in [-0.39, 0.29) is 12.3 Å². The molecule has 0 aliphatic carbocycles. The van der Waals surface area contributed by atoms with Crippen molar-refractivity contribution in [3.8, 4) is 0 Å². The van der Waals surface area contributed by atoms with Crippen molar-refractivity contribution in [1.82, 2.24) is 0 Å². The fraction of sp³-hybridized carbons (Fsp3) is 0.500. The second kappa shape index (κ2) is 5.81. The predicted molar refractivity (Wildman–Crippen MR) is 68.9 cm³/mol. The van der Waals surface area contributed by atoms with Crippen molar-refractivity contribution in [1.29, 1.82) is 0 Å². The maximum Gasteiger partial charge on any atom is 0.416 e. The Hall–Kier alpha value is -1.24. The average Bonchev–Trinajstić information content (AvgIpc) is 2.28. The lowest BCUT2D eigenvalue weighted by atomic mass is 10.2. The molecule has 7 heteroatoms. The molecule has 0 heterocycles. The van der Waals surface area contributed by atoms with Crippen molar-refractivity contribution < 1.29 is 21.6 Å². The number of anilines is 1. The summed E-state index contributed by atoms with van der Waals surface area (Å²) in [5.74, 6) is -0.0499. The molecule has 19 heavy (non-hydrogen) atoms. The lowest BCUT2D eigenvalue weighted by Gasteiger charge is -2.11. The standard InChI is InChI=1S/C12H16F3NO2S/c1-9(2)19(17,18)8-7-16-11-5-3-10(4-6-11)12(13,14)15/h3-6,9,16H,7-8H2,1-2H3. The van der Waals surface area contributed by atoms with Crippen LogP contribution in [0.15, 0.2) is 24.3 Å². The third-order valence-corrected chi connectivity index (χ3v) is 4.86. The topological polar surface area (TPSA) is 46.2 Å². The Morgan fingerprint density at radius 1 is 1.16 bits per heavy atom. The molecule has 0 saturated heterocycles. The highest BCUT2D eigenvalue weighted by atomic mass is 32.2. The van der Waals surface area contributed by atoms with Crippen LogP contribution in [0.4, 0.5) is 18.9 Å². The van der Waals surface area contributed by atoms with E-state index in [1.165, 1.54) is 12.1 Å². The second-order valence-corrected chi connectivity index (χ2v) is 7.09. The van der Waals surface area contributed by atoms with Crippen LogP contribution in [0.2, 0.25) is 0 Å². The lowest BCUT2D eigenvalue weighted by Crippen LogP contribution is -2.22. The maximum atomic E-state index is 12.3. The van der Waals surface area contributed by atoms with Gasteiger partial charge in [-0.3, -0.25) is 0 Å². The van der Waals surface area contributed by atoms with Gasteiger partial charge in [0.2, 0.25) is 0 Å². The lowest BCUT2D eigenvalue weighted by molar-refractivity contribution is -0.137. The van der Waals surface area contributed by atoms with Crippen LogP contribution in [0.3, 0.4) is 0 Å². The van der Waals surface area contributed by atoms with Gasteiger partial charge in [0.15, 0.2) is 9.84 Å². The van der Waals surface area contributed by atoms with Gasteiger partial charge >= 0.3 is 6.18 Å². The zero-order chi connectivity index (χ0) is 14.7. The van der Waals surface area contributed by atoms with Crippen LogP contribution in [0.25, 0.3) is 0 Å². The normalized spacial score (nSPS) is 12.7. The molecule has 0 spiro atoms. The predicted octanol–water partition coefficient (Wildman–Crippen LogP) is 2.94. The summed E-state index contributed by atoms with van der Waals surface area (Å²) in [4.78, 5) is 0. The first kappa shape index (κ1) is 15.8. The molecule has 1 aromatic rings. The number of alkyl halides is 3. The SMILES string of the molecule is CC(C)S(=O)(=O)CCNc1ccc(C(F)(F)F)cc1. The third kappa shape index (κ3) is 4.74. The van der Waals surface area contributed by atoms with Crippen LogP contribution in [0.5, 0.6) is 0 Å². The average molecular weight is 295 g/mol. The molecule has 1 aromatic carbocycles. The van der Waals surface area contributed by atoms with Gasteiger partial charge in [0.05, 0.1) is 16.6 Å². The number of hydrogen-bond acceptors (Lipinski definition) is 3. The van der Waals surface area contributed by atoms with Crippen molar-refractivity contribution in [2.75, 3.05) is 17.6 Å². The van der Waals surface area contributed by atoms with Crippen LogP contribution in [0.1, 0.15) is 19.4 Å². The van der Waals surface area contributed by atoms with Gasteiger partial charge in [0.1, 0.15) is 0 Å². The van der Waals surface area contributed by atoms with Crippen LogP contribution in [-0.2, 0) is 16.0 Å². The van der Waals surface area contributed by atoms with Gasteiger partial charge < -0.3 is 5.32 Å². The van der Waals surface area contributed by atoms with Crippen LogP contribution < -0.4 is 5.32 Å². The third-order valence-electron chi connectivity index (χ3n) is 2.65. The first-order chi connectivity index (χ1) is 8.63. The van der Waals surface area contributed by atoms with Gasteiger partial charge in [0, 0.05) is 12.2 Å². The molecule has 0 unspecified atom stereocenters. The fourth-order valence-corrected chi connectivity index (χ4v) is 2.21. The van der Waals surface area contributed by atoms with Crippen LogP contribution in [0, 0.1) is 0 Å². The molecule has 0 saturated carbocycles. The van der Waals surface area contributed by atoms with Gasteiger partial charge in [0.25, 0.3) is 0 Å². The largest absolute Gasteiger partial charge is 0.416 e. The molecule has 0 aliphatic heterocycles. The summed E-state index contributed by atoms with van der Waals surface area (Å²) >= 11 is 0. The second-order valence-electron chi connectivity index (χ2n) is 4.42. The number of benzene rings is 1. The van der Waals surface area contributed by atoms with Crippen LogP contribution >= 0.6 is 0 Å². The number of hydrogen-bond donors (Lipinski definition) is 1. The Bertz CT molecular complexity index is 507. The Balaban J connectivity index is 2.56. The summed E-state index contributed by atoms with van der Waals surface area (Å²) in [6.07, 6.45) is -4.36. The molecule has 0 amide bonds. The van der Waals surface area contributed by atoms with E-state index in [0.29, 0.717) is 5.69 Å². The van der Waals surface area contributed by atoms with Gasteiger partial charge in [-0.2, -0.15) is 13.2 Å². The fourth-order valence-electron chi connectivity index (χ4n) is 1.35. The Labute approximate surface area is 110 Å². The molecule has 0 fully saturated rings. The highest BCUT2D eigenvalue weighted by Crippen LogP contribution is 2.29. The van der Waals surface area contributed by atoms with Gasteiger partial charge in [-0.1, -0.05) is 0 Å². The van der Waals surface area contributed by atoms with E-state index >= 15 is 0 Å². The Kier molecular flexibility index (Phi) is 4.84. The molecule has 0 aliphatic rings. The molecule has 0 bridgehead atoms.